The maximum absolute atomic E-state index is 14.2. The van der Waals surface area contributed by atoms with Gasteiger partial charge in [0.05, 0.1) is 11.2 Å². The molecule has 1 saturated heterocycles. The Kier molecular flexibility index (Phi) is 3.31. The predicted octanol–water partition coefficient (Wildman–Crippen LogP) is 3.56. The van der Waals surface area contributed by atoms with Crippen LogP contribution in [0.1, 0.15) is 27.7 Å². The first-order valence-electron chi connectivity index (χ1n) is 7.06. The van der Waals surface area contributed by atoms with E-state index in [0.29, 0.717) is 0 Å². The number of halogens is 3. The van der Waals surface area contributed by atoms with Gasteiger partial charge in [-0.1, -0.05) is 6.07 Å². The van der Waals surface area contributed by atoms with Gasteiger partial charge in [0, 0.05) is 10.8 Å². The van der Waals surface area contributed by atoms with Crippen molar-refractivity contribution in [2.75, 3.05) is 0 Å². The molecule has 0 spiro atoms. The summed E-state index contributed by atoms with van der Waals surface area (Å²) in [5.74, 6) is -2.74. The Bertz CT molecular complexity index is 743. The molecule has 22 heavy (non-hydrogen) atoms. The second-order valence-corrected chi connectivity index (χ2v) is 6.51. The molecule has 0 unspecified atom stereocenters. The minimum absolute atomic E-state index is 0.00566. The number of benzene rings is 2. The molecule has 0 radical (unpaired) electrons. The normalized spacial score (nSPS) is 19.9. The maximum Gasteiger partial charge on any atom is 0.495 e. The van der Waals surface area contributed by atoms with Crippen molar-refractivity contribution in [3.63, 3.8) is 0 Å². The summed E-state index contributed by atoms with van der Waals surface area (Å²) in [7, 11) is -0.885. The molecule has 2 nitrogen and oxygen atoms in total. The molecule has 1 aliphatic heterocycles. The van der Waals surface area contributed by atoms with Crippen molar-refractivity contribution in [2.24, 2.45) is 0 Å². The minimum Gasteiger partial charge on any atom is -0.399 e. The van der Waals surface area contributed by atoms with Gasteiger partial charge in [-0.15, -0.1) is 0 Å². The zero-order chi connectivity index (χ0) is 16.3. The summed E-state index contributed by atoms with van der Waals surface area (Å²) in [6.45, 7) is 7.43. The third-order valence-corrected chi connectivity index (χ3v) is 4.56. The number of rotatable bonds is 1. The van der Waals surface area contributed by atoms with Crippen molar-refractivity contribution in [2.45, 2.75) is 38.9 Å². The topological polar surface area (TPSA) is 18.5 Å². The third kappa shape index (κ3) is 2.13. The quantitative estimate of drug-likeness (QED) is 0.750. The summed E-state index contributed by atoms with van der Waals surface area (Å²) in [4.78, 5) is 0. The Morgan fingerprint density at radius 3 is 1.95 bits per heavy atom. The lowest BCUT2D eigenvalue weighted by atomic mass is 9.76. The first kappa shape index (κ1) is 15.4. The van der Waals surface area contributed by atoms with Crippen molar-refractivity contribution in [3.05, 3.63) is 41.7 Å². The predicted molar refractivity (Wildman–Crippen MR) is 79.5 cm³/mol. The van der Waals surface area contributed by atoms with Crippen LogP contribution in [0, 0.1) is 17.5 Å². The molecule has 0 N–H and O–H groups in total. The lowest BCUT2D eigenvalue weighted by molar-refractivity contribution is 0.00578. The van der Waals surface area contributed by atoms with Gasteiger partial charge >= 0.3 is 7.12 Å². The molecular weight excluding hydrogens is 292 g/mol. The van der Waals surface area contributed by atoms with Crippen LogP contribution in [0.5, 0.6) is 0 Å². The molecule has 116 valence electrons. The molecule has 2 aromatic carbocycles. The largest absolute Gasteiger partial charge is 0.495 e. The average Bonchev–Trinajstić information content (AvgIpc) is 2.63. The second kappa shape index (κ2) is 4.73. The van der Waals surface area contributed by atoms with Gasteiger partial charge in [0.1, 0.15) is 5.82 Å². The molecule has 1 heterocycles. The fourth-order valence-corrected chi connectivity index (χ4v) is 2.53. The molecule has 1 aliphatic rings. The van der Waals surface area contributed by atoms with Crippen molar-refractivity contribution >= 4 is 23.4 Å². The molecule has 3 rings (SSSR count). The second-order valence-electron chi connectivity index (χ2n) is 6.51. The van der Waals surface area contributed by atoms with E-state index in [1.165, 1.54) is 18.2 Å². The highest BCUT2D eigenvalue weighted by Crippen LogP contribution is 2.37. The Labute approximate surface area is 127 Å². The molecule has 0 saturated carbocycles. The lowest BCUT2D eigenvalue weighted by Crippen LogP contribution is -2.41. The fourth-order valence-electron chi connectivity index (χ4n) is 2.53. The molecule has 0 aliphatic carbocycles. The number of hydrogen-bond acceptors (Lipinski definition) is 2. The average molecular weight is 308 g/mol. The maximum atomic E-state index is 14.2. The van der Waals surface area contributed by atoms with Crippen molar-refractivity contribution in [3.8, 4) is 0 Å². The van der Waals surface area contributed by atoms with Crippen LogP contribution in [0.25, 0.3) is 10.8 Å². The van der Waals surface area contributed by atoms with Gasteiger partial charge in [0.15, 0.2) is 11.6 Å². The Balaban J connectivity index is 2.21. The number of hydrogen-bond donors (Lipinski definition) is 0. The van der Waals surface area contributed by atoms with Crippen LogP contribution < -0.4 is 5.46 Å². The molecule has 0 bridgehead atoms. The summed E-state index contributed by atoms with van der Waals surface area (Å²) in [5.41, 5.74) is -0.961. The molecule has 0 aromatic heterocycles. The Hall–Kier alpha value is -1.53. The molecule has 1 fully saturated rings. The highest BCUT2D eigenvalue weighted by atomic mass is 19.2. The van der Waals surface area contributed by atoms with Crippen LogP contribution in [0.3, 0.4) is 0 Å². The Morgan fingerprint density at radius 1 is 0.818 bits per heavy atom. The van der Waals surface area contributed by atoms with E-state index >= 15 is 0 Å². The van der Waals surface area contributed by atoms with Crippen LogP contribution in [0.2, 0.25) is 0 Å². The van der Waals surface area contributed by atoms with Gasteiger partial charge < -0.3 is 9.31 Å². The van der Waals surface area contributed by atoms with Gasteiger partial charge in [0.2, 0.25) is 0 Å². The van der Waals surface area contributed by atoms with Gasteiger partial charge in [-0.2, -0.15) is 0 Å². The van der Waals surface area contributed by atoms with Crippen LogP contribution in [0.15, 0.2) is 24.3 Å². The van der Waals surface area contributed by atoms with Gasteiger partial charge in [0.25, 0.3) is 0 Å². The lowest BCUT2D eigenvalue weighted by Gasteiger charge is -2.32. The van der Waals surface area contributed by atoms with Crippen LogP contribution in [-0.4, -0.2) is 18.3 Å². The zero-order valence-electron chi connectivity index (χ0n) is 12.8. The van der Waals surface area contributed by atoms with Crippen LogP contribution in [-0.2, 0) is 9.31 Å². The minimum atomic E-state index is -1.10. The monoisotopic (exact) mass is 308 g/mol. The fraction of sp³-hybridized carbons (Fsp3) is 0.375. The standard InChI is InChI=1S/C16H16BF3O2/c1-15(2)16(3,4)22-17(21-15)10-6-8-11(18)9-5-7-12(19)14(20)13(9)10/h5-8H,1-4H3. The smallest absolute Gasteiger partial charge is 0.399 e. The van der Waals surface area contributed by atoms with E-state index < -0.39 is 35.8 Å². The van der Waals surface area contributed by atoms with Crippen molar-refractivity contribution < 1.29 is 22.5 Å². The molecule has 6 heteroatoms. The Morgan fingerprint density at radius 2 is 1.36 bits per heavy atom. The first-order chi connectivity index (χ1) is 10.1. The van der Waals surface area contributed by atoms with Crippen molar-refractivity contribution in [1.29, 1.82) is 0 Å². The van der Waals surface area contributed by atoms with Gasteiger partial charge in [-0.3, -0.25) is 0 Å². The SMILES string of the molecule is CC1(C)OB(c2ccc(F)c3ccc(F)c(F)c23)OC1(C)C. The molecule has 2 aromatic rings. The van der Waals surface area contributed by atoms with Gasteiger partial charge in [-0.05, 0) is 51.4 Å². The summed E-state index contributed by atoms with van der Waals surface area (Å²) >= 11 is 0. The number of fused-ring (bicyclic) bond motifs is 1. The molecular formula is C16H16BF3O2. The summed E-state index contributed by atoms with van der Waals surface area (Å²) in [6, 6.07) is 4.72. The molecule has 0 atom stereocenters. The van der Waals surface area contributed by atoms with Crippen LogP contribution >= 0.6 is 0 Å². The van der Waals surface area contributed by atoms with E-state index in [0.717, 1.165) is 6.07 Å². The van der Waals surface area contributed by atoms with E-state index in [9.17, 15) is 13.2 Å². The summed E-state index contributed by atoms with van der Waals surface area (Å²) < 4.78 is 53.4. The van der Waals surface area contributed by atoms with E-state index in [2.05, 4.69) is 0 Å². The van der Waals surface area contributed by atoms with E-state index in [1.807, 2.05) is 27.7 Å². The van der Waals surface area contributed by atoms with Gasteiger partial charge in [-0.25, -0.2) is 13.2 Å². The summed E-state index contributed by atoms with van der Waals surface area (Å²) in [5, 5.41) is -0.135. The first-order valence-corrected chi connectivity index (χ1v) is 7.06. The zero-order valence-corrected chi connectivity index (χ0v) is 12.8. The highest BCUT2D eigenvalue weighted by molar-refractivity contribution is 6.65. The van der Waals surface area contributed by atoms with E-state index in [1.54, 1.807) is 0 Å². The molecule has 0 amide bonds. The highest BCUT2D eigenvalue weighted by Gasteiger charge is 2.52. The van der Waals surface area contributed by atoms with Crippen LogP contribution in [0.4, 0.5) is 13.2 Å². The van der Waals surface area contributed by atoms with E-state index in [4.69, 9.17) is 9.31 Å². The van der Waals surface area contributed by atoms with E-state index in [-0.39, 0.29) is 16.2 Å². The third-order valence-electron chi connectivity index (χ3n) is 4.56. The van der Waals surface area contributed by atoms with Crippen molar-refractivity contribution in [1.82, 2.24) is 0 Å². The summed E-state index contributed by atoms with van der Waals surface area (Å²) in [6.07, 6.45) is 0.